The fourth-order valence-electron chi connectivity index (χ4n) is 9.62. The molecule has 0 saturated carbocycles. The Morgan fingerprint density at radius 3 is 1.51 bits per heavy atom. The highest BCUT2D eigenvalue weighted by Crippen LogP contribution is 2.52. The number of benzene rings is 9. The molecule has 12 rings (SSSR count). The van der Waals surface area contributed by atoms with Gasteiger partial charge in [-0.1, -0.05) is 147 Å². The highest BCUT2D eigenvalue weighted by molar-refractivity contribution is 7.27. The molecule has 0 radical (unpaired) electrons. The van der Waals surface area contributed by atoms with Crippen molar-refractivity contribution in [1.29, 1.82) is 0 Å². The second-order valence-corrected chi connectivity index (χ2v) is 17.8. The fraction of sp³-hybridized carbons (Fsp3) is 0.0566. The first-order chi connectivity index (χ1) is 27.0. The van der Waals surface area contributed by atoms with Gasteiger partial charge in [-0.3, -0.25) is 0 Å². The van der Waals surface area contributed by atoms with E-state index < -0.39 is 0 Å². The van der Waals surface area contributed by atoms with Crippen molar-refractivity contribution in [2.75, 3.05) is 0 Å². The van der Waals surface area contributed by atoms with E-state index in [1.54, 1.807) is 0 Å². The van der Waals surface area contributed by atoms with Gasteiger partial charge in [-0.15, -0.1) is 22.7 Å². The number of fused-ring (bicyclic) bond motifs is 11. The van der Waals surface area contributed by atoms with Crippen LogP contribution in [0.2, 0.25) is 0 Å². The molecule has 0 unspecified atom stereocenters. The van der Waals surface area contributed by atoms with E-state index in [0.29, 0.717) is 0 Å². The topological polar surface area (TPSA) is 0 Å². The Hall–Kier alpha value is -6.06. The zero-order valence-corrected chi connectivity index (χ0v) is 32.1. The van der Waals surface area contributed by atoms with Crippen molar-refractivity contribution in [3.05, 3.63) is 181 Å². The Morgan fingerprint density at radius 1 is 0.309 bits per heavy atom. The molecule has 1 aliphatic rings. The first-order valence-electron chi connectivity index (χ1n) is 19.1. The van der Waals surface area contributed by atoms with Gasteiger partial charge in [0, 0.05) is 45.8 Å². The van der Waals surface area contributed by atoms with Crippen LogP contribution in [0.4, 0.5) is 0 Å². The van der Waals surface area contributed by atoms with E-state index in [-0.39, 0.29) is 5.41 Å². The minimum atomic E-state index is -0.124. The van der Waals surface area contributed by atoms with Crippen molar-refractivity contribution in [1.82, 2.24) is 0 Å². The van der Waals surface area contributed by atoms with Gasteiger partial charge in [0.25, 0.3) is 0 Å². The minimum Gasteiger partial charge on any atom is -0.135 e. The van der Waals surface area contributed by atoms with Crippen LogP contribution in [0.15, 0.2) is 170 Å². The van der Waals surface area contributed by atoms with Gasteiger partial charge in [-0.2, -0.15) is 0 Å². The maximum atomic E-state index is 2.49. The smallest absolute Gasteiger partial charge is 0.0362 e. The molecule has 0 saturated heterocycles. The molecule has 0 bridgehead atoms. The maximum Gasteiger partial charge on any atom is 0.0362 e. The second kappa shape index (κ2) is 11.5. The van der Waals surface area contributed by atoms with E-state index >= 15 is 0 Å². The summed E-state index contributed by atoms with van der Waals surface area (Å²) in [7, 11) is 0. The van der Waals surface area contributed by atoms with E-state index in [0.717, 1.165) is 0 Å². The molecule has 0 spiro atoms. The van der Waals surface area contributed by atoms with E-state index in [4.69, 9.17) is 0 Å². The van der Waals surface area contributed by atoms with Gasteiger partial charge in [0.05, 0.1) is 0 Å². The molecule has 0 N–H and O–H groups in total. The van der Waals surface area contributed by atoms with Crippen LogP contribution in [0.1, 0.15) is 25.0 Å². The zero-order valence-electron chi connectivity index (χ0n) is 30.5. The normalized spacial score (nSPS) is 13.4. The lowest BCUT2D eigenvalue weighted by atomic mass is 9.80. The molecular weight excluding hydrogens is 701 g/mol. The molecule has 2 aromatic heterocycles. The standard InChI is InChI=1S/C53H34S2/c1-53(2)45-25-22-32(33-20-24-37-44-30-49-43(29-50(44)55-48(37)28-33)36-14-10-11-19-47(36)54-49)26-42(45)35-23-21-34(27-46(35)53)52-40-17-8-6-15-38(40)51(31-12-4-3-5-13-31)39-16-7-9-18-41(39)52/h3-30H,1-2H3. The number of rotatable bonds is 3. The summed E-state index contributed by atoms with van der Waals surface area (Å²) in [4.78, 5) is 0. The summed E-state index contributed by atoms with van der Waals surface area (Å²) < 4.78 is 5.43. The third-order valence-electron chi connectivity index (χ3n) is 12.3. The van der Waals surface area contributed by atoms with E-state index in [1.807, 2.05) is 22.7 Å². The van der Waals surface area contributed by atoms with Crippen molar-refractivity contribution in [3.63, 3.8) is 0 Å². The van der Waals surface area contributed by atoms with Crippen molar-refractivity contribution in [3.8, 4) is 44.5 Å². The highest BCUT2D eigenvalue weighted by Gasteiger charge is 2.36. The molecule has 0 fully saturated rings. The van der Waals surface area contributed by atoms with Gasteiger partial charge in [0.1, 0.15) is 0 Å². The molecule has 0 atom stereocenters. The summed E-state index contributed by atoms with van der Waals surface area (Å²) in [5, 5.41) is 10.6. The van der Waals surface area contributed by atoms with Crippen LogP contribution in [0, 0.1) is 0 Å². The summed E-state index contributed by atoms with van der Waals surface area (Å²) in [5.41, 5.74) is 13.0. The summed E-state index contributed by atoms with van der Waals surface area (Å²) >= 11 is 3.81. The van der Waals surface area contributed by atoms with Gasteiger partial charge in [-0.05, 0) is 114 Å². The van der Waals surface area contributed by atoms with Crippen LogP contribution in [-0.2, 0) is 5.41 Å². The summed E-state index contributed by atoms with van der Waals surface area (Å²) in [5.74, 6) is 0. The number of thiophene rings is 2. The molecule has 0 aliphatic heterocycles. The fourth-order valence-corrected chi connectivity index (χ4v) is 11.9. The zero-order chi connectivity index (χ0) is 36.4. The summed E-state index contributed by atoms with van der Waals surface area (Å²) in [6, 6.07) is 63.9. The molecule has 9 aromatic carbocycles. The number of hydrogen-bond acceptors (Lipinski definition) is 2. The molecule has 11 aromatic rings. The van der Waals surface area contributed by atoms with Crippen LogP contribution in [0.5, 0.6) is 0 Å². The van der Waals surface area contributed by atoms with Crippen LogP contribution >= 0.6 is 22.7 Å². The maximum absolute atomic E-state index is 2.49. The average molecular weight is 735 g/mol. The van der Waals surface area contributed by atoms with Gasteiger partial charge >= 0.3 is 0 Å². The van der Waals surface area contributed by atoms with Gasteiger partial charge < -0.3 is 0 Å². The van der Waals surface area contributed by atoms with Gasteiger partial charge in [-0.25, -0.2) is 0 Å². The van der Waals surface area contributed by atoms with E-state index in [9.17, 15) is 0 Å². The number of hydrogen-bond donors (Lipinski definition) is 0. The lowest BCUT2D eigenvalue weighted by Gasteiger charge is -2.23. The van der Waals surface area contributed by atoms with Crippen LogP contribution in [-0.4, -0.2) is 0 Å². The third kappa shape index (κ3) is 4.50. The van der Waals surface area contributed by atoms with E-state index in [2.05, 4.69) is 184 Å². The molecule has 1 aliphatic carbocycles. The van der Waals surface area contributed by atoms with Crippen molar-refractivity contribution < 1.29 is 0 Å². The highest BCUT2D eigenvalue weighted by atomic mass is 32.1. The van der Waals surface area contributed by atoms with Crippen molar-refractivity contribution >= 4 is 84.6 Å². The van der Waals surface area contributed by atoms with Crippen LogP contribution in [0.3, 0.4) is 0 Å². The Morgan fingerprint density at radius 2 is 0.818 bits per heavy atom. The largest absolute Gasteiger partial charge is 0.135 e. The summed E-state index contributed by atoms with van der Waals surface area (Å²) in [6.45, 7) is 4.79. The molecule has 55 heavy (non-hydrogen) atoms. The molecule has 0 nitrogen and oxygen atoms in total. The lowest BCUT2D eigenvalue weighted by molar-refractivity contribution is 0.660. The SMILES string of the molecule is CC1(C)c2ccc(-c3ccc4c(c3)sc3cc5c(cc34)sc3ccccc35)cc2-c2ccc(-c3c4ccccc4c(-c4ccccc4)c4ccccc34)cc21. The molecule has 0 amide bonds. The summed E-state index contributed by atoms with van der Waals surface area (Å²) in [6.07, 6.45) is 0. The Labute approximate surface area is 327 Å². The van der Waals surface area contributed by atoms with Gasteiger partial charge in [0.15, 0.2) is 0 Å². The second-order valence-electron chi connectivity index (χ2n) is 15.6. The van der Waals surface area contributed by atoms with Crippen molar-refractivity contribution in [2.24, 2.45) is 0 Å². The Balaban J connectivity index is 0.986. The third-order valence-corrected chi connectivity index (χ3v) is 14.5. The first-order valence-corrected chi connectivity index (χ1v) is 20.7. The Bertz CT molecular complexity index is 3340. The first kappa shape index (κ1) is 31.3. The van der Waals surface area contributed by atoms with E-state index in [1.165, 1.54) is 118 Å². The average Bonchev–Trinajstić information content (AvgIpc) is 3.85. The van der Waals surface area contributed by atoms with Crippen molar-refractivity contribution in [2.45, 2.75) is 19.3 Å². The molecule has 258 valence electrons. The van der Waals surface area contributed by atoms with Gasteiger partial charge in [0.2, 0.25) is 0 Å². The molecule has 2 heteroatoms. The quantitative estimate of drug-likeness (QED) is 0.159. The molecular formula is C53H34S2. The molecule has 2 heterocycles. The predicted molar refractivity (Wildman–Crippen MR) is 241 cm³/mol. The lowest BCUT2D eigenvalue weighted by Crippen LogP contribution is -2.15. The predicted octanol–water partition coefficient (Wildman–Crippen LogP) is 16.0. The minimum absolute atomic E-state index is 0.124. The van der Waals surface area contributed by atoms with Crippen LogP contribution in [0.25, 0.3) is 106 Å². The van der Waals surface area contributed by atoms with Crippen LogP contribution < -0.4 is 0 Å². The monoisotopic (exact) mass is 734 g/mol. The Kier molecular flexibility index (Phi) is 6.53.